The van der Waals surface area contributed by atoms with E-state index in [2.05, 4.69) is 39.7 Å². The van der Waals surface area contributed by atoms with Gasteiger partial charge in [0.15, 0.2) is 5.69 Å². The molecule has 0 amide bonds. The van der Waals surface area contributed by atoms with Crippen LogP contribution in [-0.4, -0.2) is 22.4 Å². The van der Waals surface area contributed by atoms with Crippen molar-refractivity contribution in [1.82, 2.24) is 9.78 Å². The first kappa shape index (κ1) is 15.1. The highest BCUT2D eigenvalue weighted by Gasteiger charge is 2.35. The smallest absolute Gasteiger partial charge is 0.359 e. The summed E-state index contributed by atoms with van der Waals surface area (Å²) >= 11 is 0. The van der Waals surface area contributed by atoms with E-state index >= 15 is 0 Å². The SMILES string of the molecule is CCOC(=O)c1nn(C(C)(C)C)c2c1CCC(C)(C)C2. The predicted molar refractivity (Wildman–Crippen MR) is 79.0 cm³/mol. The van der Waals surface area contributed by atoms with Gasteiger partial charge in [-0.3, -0.25) is 4.68 Å². The average molecular weight is 278 g/mol. The predicted octanol–water partition coefficient (Wildman–Crippen LogP) is 3.33. The lowest BCUT2D eigenvalue weighted by Crippen LogP contribution is -2.30. The first-order valence-electron chi connectivity index (χ1n) is 7.44. The van der Waals surface area contributed by atoms with Crippen molar-refractivity contribution in [1.29, 1.82) is 0 Å². The first-order valence-corrected chi connectivity index (χ1v) is 7.44. The number of ether oxygens (including phenoxy) is 1. The minimum atomic E-state index is -0.286. The Balaban J connectivity index is 2.53. The zero-order chi connectivity index (χ0) is 15.1. The van der Waals surface area contributed by atoms with E-state index in [1.54, 1.807) is 0 Å². The van der Waals surface area contributed by atoms with Gasteiger partial charge in [0.1, 0.15) is 0 Å². The van der Waals surface area contributed by atoms with Crippen molar-refractivity contribution < 1.29 is 9.53 Å². The lowest BCUT2D eigenvalue weighted by molar-refractivity contribution is 0.0516. The van der Waals surface area contributed by atoms with Crippen LogP contribution in [0.25, 0.3) is 0 Å². The molecule has 0 spiro atoms. The number of aromatic nitrogens is 2. The maximum Gasteiger partial charge on any atom is 0.359 e. The Morgan fingerprint density at radius 1 is 1.40 bits per heavy atom. The Kier molecular flexibility index (Phi) is 3.69. The second-order valence-corrected chi connectivity index (χ2v) is 7.42. The molecule has 1 aromatic heterocycles. The summed E-state index contributed by atoms with van der Waals surface area (Å²) in [4.78, 5) is 12.1. The standard InChI is InChI=1S/C16H26N2O2/c1-7-20-14(19)13-11-8-9-16(5,6)10-12(11)18(17-13)15(2,3)4/h7-10H2,1-6H3. The van der Waals surface area contributed by atoms with Crippen molar-refractivity contribution in [2.45, 2.75) is 66.3 Å². The van der Waals surface area contributed by atoms with Crippen molar-refractivity contribution in [2.24, 2.45) is 5.41 Å². The molecule has 0 aliphatic heterocycles. The van der Waals surface area contributed by atoms with E-state index in [9.17, 15) is 4.79 Å². The van der Waals surface area contributed by atoms with Crippen LogP contribution < -0.4 is 0 Å². The van der Waals surface area contributed by atoms with E-state index in [-0.39, 0.29) is 16.9 Å². The molecule has 4 heteroatoms. The molecule has 0 radical (unpaired) electrons. The van der Waals surface area contributed by atoms with E-state index in [0.29, 0.717) is 12.3 Å². The van der Waals surface area contributed by atoms with Crippen molar-refractivity contribution in [3.8, 4) is 0 Å². The number of fused-ring (bicyclic) bond motifs is 1. The summed E-state index contributed by atoms with van der Waals surface area (Å²) in [6.07, 6.45) is 2.96. The molecule has 0 aromatic carbocycles. The minimum Gasteiger partial charge on any atom is -0.461 e. The van der Waals surface area contributed by atoms with Gasteiger partial charge in [0.05, 0.1) is 12.1 Å². The molecule has 2 rings (SSSR count). The molecular formula is C16H26N2O2. The van der Waals surface area contributed by atoms with Crippen LogP contribution in [0.15, 0.2) is 0 Å². The fraction of sp³-hybridized carbons (Fsp3) is 0.750. The Morgan fingerprint density at radius 3 is 2.60 bits per heavy atom. The largest absolute Gasteiger partial charge is 0.461 e. The van der Waals surface area contributed by atoms with Gasteiger partial charge < -0.3 is 4.74 Å². The van der Waals surface area contributed by atoms with Crippen LogP contribution in [0.5, 0.6) is 0 Å². The molecule has 1 heterocycles. The molecule has 0 saturated heterocycles. The third-order valence-electron chi connectivity index (χ3n) is 3.89. The van der Waals surface area contributed by atoms with E-state index in [1.807, 2.05) is 11.6 Å². The zero-order valence-corrected chi connectivity index (χ0v) is 13.5. The van der Waals surface area contributed by atoms with Gasteiger partial charge in [0.2, 0.25) is 0 Å². The number of hydrogen-bond donors (Lipinski definition) is 0. The van der Waals surface area contributed by atoms with Crippen molar-refractivity contribution >= 4 is 5.97 Å². The van der Waals surface area contributed by atoms with Crippen LogP contribution in [0.4, 0.5) is 0 Å². The topological polar surface area (TPSA) is 44.1 Å². The van der Waals surface area contributed by atoms with Crippen molar-refractivity contribution in [3.63, 3.8) is 0 Å². The Bertz CT molecular complexity index is 521. The van der Waals surface area contributed by atoms with Crippen LogP contribution in [0.1, 0.15) is 69.7 Å². The molecule has 0 unspecified atom stereocenters. The molecule has 0 bridgehead atoms. The zero-order valence-electron chi connectivity index (χ0n) is 13.5. The molecule has 0 fully saturated rings. The first-order chi connectivity index (χ1) is 9.15. The Labute approximate surface area is 121 Å². The third kappa shape index (κ3) is 2.74. The number of carbonyl (C=O) groups is 1. The van der Waals surface area contributed by atoms with Crippen LogP contribution in [0, 0.1) is 5.41 Å². The van der Waals surface area contributed by atoms with Crippen LogP contribution >= 0.6 is 0 Å². The van der Waals surface area contributed by atoms with E-state index in [0.717, 1.165) is 24.8 Å². The fourth-order valence-corrected chi connectivity index (χ4v) is 2.85. The van der Waals surface area contributed by atoms with Gasteiger partial charge in [-0.25, -0.2) is 4.79 Å². The van der Waals surface area contributed by atoms with Gasteiger partial charge in [0, 0.05) is 11.3 Å². The van der Waals surface area contributed by atoms with Gasteiger partial charge >= 0.3 is 5.97 Å². The Hall–Kier alpha value is -1.32. The van der Waals surface area contributed by atoms with Gasteiger partial charge in [0.25, 0.3) is 0 Å². The van der Waals surface area contributed by atoms with Gasteiger partial charge in [-0.15, -0.1) is 0 Å². The Morgan fingerprint density at radius 2 is 2.05 bits per heavy atom. The normalized spacial score (nSPS) is 17.7. The summed E-state index contributed by atoms with van der Waals surface area (Å²) in [6, 6.07) is 0. The minimum absolute atomic E-state index is 0.123. The molecule has 112 valence electrons. The van der Waals surface area contributed by atoms with Gasteiger partial charge in [-0.1, -0.05) is 13.8 Å². The summed E-state index contributed by atoms with van der Waals surface area (Å²) in [5.74, 6) is -0.286. The van der Waals surface area contributed by atoms with E-state index in [1.165, 1.54) is 5.69 Å². The highest BCUT2D eigenvalue weighted by molar-refractivity contribution is 5.89. The van der Waals surface area contributed by atoms with Crippen molar-refractivity contribution in [3.05, 3.63) is 17.0 Å². The highest BCUT2D eigenvalue weighted by Crippen LogP contribution is 2.38. The highest BCUT2D eigenvalue weighted by atomic mass is 16.5. The summed E-state index contributed by atoms with van der Waals surface area (Å²) in [7, 11) is 0. The van der Waals surface area contributed by atoms with Crippen LogP contribution in [0.2, 0.25) is 0 Å². The van der Waals surface area contributed by atoms with E-state index < -0.39 is 0 Å². The second-order valence-electron chi connectivity index (χ2n) is 7.42. The lowest BCUT2D eigenvalue weighted by atomic mass is 9.76. The lowest BCUT2D eigenvalue weighted by Gasteiger charge is -2.32. The summed E-state index contributed by atoms with van der Waals surface area (Å²) in [5.41, 5.74) is 2.96. The maximum atomic E-state index is 12.1. The molecule has 0 N–H and O–H groups in total. The number of hydrogen-bond acceptors (Lipinski definition) is 3. The third-order valence-corrected chi connectivity index (χ3v) is 3.89. The molecule has 1 aromatic rings. The summed E-state index contributed by atoms with van der Waals surface area (Å²) < 4.78 is 7.18. The molecule has 1 aliphatic carbocycles. The quantitative estimate of drug-likeness (QED) is 0.779. The van der Waals surface area contributed by atoms with Gasteiger partial charge in [-0.05, 0) is 52.4 Å². The average Bonchev–Trinajstić information content (AvgIpc) is 2.65. The molecule has 4 nitrogen and oxygen atoms in total. The fourth-order valence-electron chi connectivity index (χ4n) is 2.85. The molecule has 20 heavy (non-hydrogen) atoms. The van der Waals surface area contributed by atoms with E-state index in [4.69, 9.17) is 4.74 Å². The number of esters is 1. The van der Waals surface area contributed by atoms with Gasteiger partial charge in [-0.2, -0.15) is 5.10 Å². The monoisotopic (exact) mass is 278 g/mol. The number of nitrogens with zero attached hydrogens (tertiary/aromatic N) is 2. The van der Waals surface area contributed by atoms with Crippen LogP contribution in [-0.2, 0) is 23.1 Å². The van der Waals surface area contributed by atoms with Crippen molar-refractivity contribution in [2.75, 3.05) is 6.61 Å². The number of rotatable bonds is 2. The summed E-state index contributed by atoms with van der Waals surface area (Å²) in [5, 5.41) is 4.59. The maximum absolute atomic E-state index is 12.1. The molecule has 0 saturated carbocycles. The summed E-state index contributed by atoms with van der Waals surface area (Å²) in [6.45, 7) is 13.1. The number of carbonyl (C=O) groups excluding carboxylic acids is 1. The molecule has 1 aliphatic rings. The molecule has 0 atom stereocenters. The second kappa shape index (κ2) is 4.90. The van der Waals surface area contributed by atoms with Crippen LogP contribution in [0.3, 0.4) is 0 Å². The molecular weight excluding hydrogens is 252 g/mol.